The van der Waals surface area contributed by atoms with Crippen molar-refractivity contribution in [2.24, 2.45) is 0 Å². The quantitative estimate of drug-likeness (QED) is 0.853. The molecule has 1 amide bonds. The number of hydrogen-bond acceptors (Lipinski definition) is 4. The van der Waals surface area contributed by atoms with Gasteiger partial charge in [-0.3, -0.25) is 9.69 Å². The molecule has 3 rings (SSSR count). The van der Waals surface area contributed by atoms with Gasteiger partial charge >= 0.3 is 0 Å². The average Bonchev–Trinajstić information content (AvgIpc) is 2.63. The Morgan fingerprint density at radius 1 is 1.17 bits per heavy atom. The molecule has 1 aromatic rings. The van der Waals surface area contributed by atoms with Gasteiger partial charge in [0.05, 0.1) is 30.9 Å². The van der Waals surface area contributed by atoms with Crippen LogP contribution in [0, 0.1) is 11.3 Å². The molecule has 5 heteroatoms. The van der Waals surface area contributed by atoms with Gasteiger partial charge in [-0.05, 0) is 37.1 Å². The first-order chi connectivity index (χ1) is 11.3. The molecule has 2 heterocycles. The SMILES string of the molecule is N#Cc1ccc(CN2CCCC[C@@H]2C(=O)N2CCOCC2)cc1. The minimum Gasteiger partial charge on any atom is -0.378 e. The van der Waals surface area contributed by atoms with E-state index in [0.29, 0.717) is 31.9 Å². The third-order valence-electron chi connectivity index (χ3n) is 4.69. The van der Waals surface area contributed by atoms with Crippen molar-refractivity contribution in [1.82, 2.24) is 9.80 Å². The monoisotopic (exact) mass is 313 g/mol. The summed E-state index contributed by atoms with van der Waals surface area (Å²) in [6.07, 6.45) is 3.19. The maximum absolute atomic E-state index is 12.8. The van der Waals surface area contributed by atoms with Crippen LogP contribution in [0.4, 0.5) is 0 Å². The number of nitriles is 1. The number of rotatable bonds is 3. The van der Waals surface area contributed by atoms with E-state index in [4.69, 9.17) is 10.00 Å². The number of carbonyl (C=O) groups excluding carboxylic acids is 1. The van der Waals surface area contributed by atoms with E-state index in [0.717, 1.165) is 37.9 Å². The highest BCUT2D eigenvalue weighted by molar-refractivity contribution is 5.82. The molecule has 0 saturated carbocycles. The van der Waals surface area contributed by atoms with Crippen molar-refractivity contribution in [3.63, 3.8) is 0 Å². The lowest BCUT2D eigenvalue weighted by Crippen LogP contribution is -2.53. The Morgan fingerprint density at radius 3 is 2.61 bits per heavy atom. The zero-order valence-electron chi connectivity index (χ0n) is 13.4. The Hall–Kier alpha value is -1.90. The topological polar surface area (TPSA) is 56.6 Å². The summed E-state index contributed by atoms with van der Waals surface area (Å²) in [5, 5.41) is 8.89. The van der Waals surface area contributed by atoms with E-state index in [1.165, 1.54) is 0 Å². The molecule has 0 aliphatic carbocycles. The lowest BCUT2D eigenvalue weighted by Gasteiger charge is -2.38. The van der Waals surface area contributed by atoms with E-state index in [-0.39, 0.29) is 11.9 Å². The second kappa shape index (κ2) is 7.58. The first kappa shape index (κ1) is 16.0. The van der Waals surface area contributed by atoms with Crippen molar-refractivity contribution >= 4 is 5.91 Å². The highest BCUT2D eigenvalue weighted by Crippen LogP contribution is 2.22. The van der Waals surface area contributed by atoms with Gasteiger partial charge in [0.15, 0.2) is 0 Å². The molecule has 2 saturated heterocycles. The van der Waals surface area contributed by atoms with Crippen molar-refractivity contribution in [3.8, 4) is 6.07 Å². The molecule has 5 nitrogen and oxygen atoms in total. The molecule has 0 unspecified atom stereocenters. The number of carbonyl (C=O) groups is 1. The van der Waals surface area contributed by atoms with Crippen LogP contribution >= 0.6 is 0 Å². The van der Waals surface area contributed by atoms with E-state index in [2.05, 4.69) is 11.0 Å². The molecule has 23 heavy (non-hydrogen) atoms. The van der Waals surface area contributed by atoms with Gasteiger partial charge in [0.25, 0.3) is 0 Å². The molecule has 1 atom stereocenters. The van der Waals surface area contributed by atoms with E-state index < -0.39 is 0 Å². The van der Waals surface area contributed by atoms with Crippen LogP contribution in [0.15, 0.2) is 24.3 Å². The van der Waals surface area contributed by atoms with Crippen LogP contribution in [-0.2, 0) is 16.1 Å². The normalized spacial score (nSPS) is 22.6. The summed E-state index contributed by atoms with van der Waals surface area (Å²) in [7, 11) is 0. The Balaban J connectivity index is 1.67. The van der Waals surface area contributed by atoms with Crippen molar-refractivity contribution in [1.29, 1.82) is 5.26 Å². The Labute approximate surface area is 137 Å². The van der Waals surface area contributed by atoms with Crippen LogP contribution < -0.4 is 0 Å². The van der Waals surface area contributed by atoms with Gasteiger partial charge < -0.3 is 9.64 Å². The van der Waals surface area contributed by atoms with Crippen LogP contribution in [0.3, 0.4) is 0 Å². The van der Waals surface area contributed by atoms with E-state index in [1.54, 1.807) is 0 Å². The van der Waals surface area contributed by atoms with Crippen molar-refractivity contribution < 1.29 is 9.53 Å². The molecule has 2 aliphatic rings. The number of likely N-dealkylation sites (tertiary alicyclic amines) is 1. The summed E-state index contributed by atoms with van der Waals surface area (Å²) in [5.74, 6) is 0.252. The number of piperidine rings is 1. The molecular weight excluding hydrogens is 290 g/mol. The lowest BCUT2D eigenvalue weighted by molar-refractivity contribution is -0.142. The highest BCUT2D eigenvalue weighted by atomic mass is 16.5. The molecule has 0 N–H and O–H groups in total. The fourth-order valence-corrected chi connectivity index (χ4v) is 3.37. The number of benzene rings is 1. The fourth-order valence-electron chi connectivity index (χ4n) is 3.37. The second-order valence-corrected chi connectivity index (χ2v) is 6.23. The first-order valence-electron chi connectivity index (χ1n) is 8.37. The van der Waals surface area contributed by atoms with Crippen LogP contribution in [-0.4, -0.2) is 54.6 Å². The Morgan fingerprint density at radius 2 is 1.91 bits per heavy atom. The second-order valence-electron chi connectivity index (χ2n) is 6.23. The fraction of sp³-hybridized carbons (Fsp3) is 0.556. The minimum atomic E-state index is -0.0162. The van der Waals surface area contributed by atoms with E-state index in [1.807, 2.05) is 29.2 Å². The van der Waals surface area contributed by atoms with Gasteiger partial charge in [0.2, 0.25) is 5.91 Å². The summed E-state index contributed by atoms with van der Waals surface area (Å²) in [6, 6.07) is 9.80. The summed E-state index contributed by atoms with van der Waals surface area (Å²) in [5.41, 5.74) is 1.83. The first-order valence-corrected chi connectivity index (χ1v) is 8.37. The summed E-state index contributed by atoms with van der Waals surface area (Å²) in [4.78, 5) is 17.1. The van der Waals surface area contributed by atoms with Crippen LogP contribution in [0.5, 0.6) is 0 Å². The van der Waals surface area contributed by atoms with Gasteiger partial charge in [0, 0.05) is 19.6 Å². The van der Waals surface area contributed by atoms with Gasteiger partial charge in [-0.25, -0.2) is 0 Å². The maximum atomic E-state index is 12.8. The number of nitrogens with zero attached hydrogens (tertiary/aromatic N) is 3. The summed E-state index contributed by atoms with van der Waals surface area (Å²) >= 11 is 0. The smallest absolute Gasteiger partial charge is 0.240 e. The molecule has 0 radical (unpaired) electrons. The third kappa shape index (κ3) is 3.90. The number of morpholine rings is 1. The molecule has 2 aliphatic heterocycles. The maximum Gasteiger partial charge on any atom is 0.240 e. The molecule has 0 aromatic heterocycles. The van der Waals surface area contributed by atoms with Crippen LogP contribution in [0.1, 0.15) is 30.4 Å². The molecule has 0 spiro atoms. The zero-order chi connectivity index (χ0) is 16.1. The van der Waals surface area contributed by atoms with Crippen molar-refractivity contribution in [2.75, 3.05) is 32.8 Å². The van der Waals surface area contributed by atoms with E-state index in [9.17, 15) is 4.79 Å². The van der Waals surface area contributed by atoms with Crippen LogP contribution in [0.25, 0.3) is 0 Å². The molecule has 122 valence electrons. The standard InChI is InChI=1S/C18H23N3O2/c19-13-15-4-6-16(7-5-15)14-21-8-2-1-3-17(21)18(22)20-9-11-23-12-10-20/h4-7,17H,1-3,8-12,14H2/t17-/m1/s1. The molecule has 2 fully saturated rings. The average molecular weight is 313 g/mol. The van der Waals surface area contributed by atoms with Crippen LogP contribution in [0.2, 0.25) is 0 Å². The van der Waals surface area contributed by atoms with Gasteiger partial charge in [-0.1, -0.05) is 18.6 Å². The Bertz CT molecular complexity index is 573. The van der Waals surface area contributed by atoms with Gasteiger partial charge in [-0.2, -0.15) is 5.26 Å². The number of amides is 1. The molecular formula is C18H23N3O2. The van der Waals surface area contributed by atoms with Crippen molar-refractivity contribution in [3.05, 3.63) is 35.4 Å². The Kier molecular flexibility index (Phi) is 5.27. The molecule has 1 aromatic carbocycles. The largest absolute Gasteiger partial charge is 0.378 e. The van der Waals surface area contributed by atoms with Gasteiger partial charge in [-0.15, -0.1) is 0 Å². The van der Waals surface area contributed by atoms with E-state index >= 15 is 0 Å². The lowest BCUT2D eigenvalue weighted by atomic mass is 9.99. The molecule has 0 bridgehead atoms. The highest BCUT2D eigenvalue weighted by Gasteiger charge is 2.32. The predicted octanol–water partition coefficient (Wildman–Crippen LogP) is 1.77. The number of hydrogen-bond donors (Lipinski definition) is 0. The van der Waals surface area contributed by atoms with Gasteiger partial charge in [0.1, 0.15) is 0 Å². The minimum absolute atomic E-state index is 0.0162. The summed E-state index contributed by atoms with van der Waals surface area (Å²) in [6.45, 7) is 4.44. The predicted molar refractivity (Wildman–Crippen MR) is 86.6 cm³/mol. The number of ether oxygens (including phenoxy) is 1. The third-order valence-corrected chi connectivity index (χ3v) is 4.69. The zero-order valence-corrected chi connectivity index (χ0v) is 13.4. The summed E-state index contributed by atoms with van der Waals surface area (Å²) < 4.78 is 5.35. The van der Waals surface area contributed by atoms with Crippen molar-refractivity contribution in [2.45, 2.75) is 31.8 Å².